The Labute approximate surface area is 108 Å². The summed E-state index contributed by atoms with van der Waals surface area (Å²) < 4.78 is 13.0. The quantitative estimate of drug-likeness (QED) is 0.856. The van der Waals surface area contributed by atoms with Crippen molar-refractivity contribution in [1.82, 2.24) is 5.32 Å². The van der Waals surface area contributed by atoms with Crippen molar-refractivity contribution < 1.29 is 4.39 Å². The summed E-state index contributed by atoms with van der Waals surface area (Å²) in [4.78, 5) is 0. The van der Waals surface area contributed by atoms with E-state index in [-0.39, 0.29) is 11.9 Å². The molecule has 0 aliphatic carbocycles. The molecule has 0 aromatic heterocycles. The molecular formula is C16H18FN. The Morgan fingerprint density at radius 3 is 2.61 bits per heavy atom. The van der Waals surface area contributed by atoms with Crippen molar-refractivity contribution in [3.63, 3.8) is 0 Å². The van der Waals surface area contributed by atoms with Gasteiger partial charge in [-0.2, -0.15) is 0 Å². The molecule has 1 atom stereocenters. The van der Waals surface area contributed by atoms with Crippen LogP contribution in [0.25, 0.3) is 0 Å². The van der Waals surface area contributed by atoms with E-state index in [1.807, 2.05) is 6.07 Å². The van der Waals surface area contributed by atoms with Gasteiger partial charge in [0.15, 0.2) is 0 Å². The van der Waals surface area contributed by atoms with E-state index in [1.165, 1.54) is 17.2 Å². The second-order valence-corrected chi connectivity index (χ2v) is 4.65. The third-order valence-corrected chi connectivity index (χ3v) is 3.04. The van der Waals surface area contributed by atoms with E-state index in [0.717, 1.165) is 5.56 Å². The van der Waals surface area contributed by atoms with Crippen LogP contribution in [-0.4, -0.2) is 0 Å². The maximum absolute atomic E-state index is 13.0. The number of rotatable bonds is 4. The van der Waals surface area contributed by atoms with E-state index in [9.17, 15) is 4.39 Å². The molecule has 94 valence electrons. The number of nitrogens with one attached hydrogen (secondary N) is 1. The fourth-order valence-corrected chi connectivity index (χ4v) is 1.98. The summed E-state index contributed by atoms with van der Waals surface area (Å²) in [5.74, 6) is -0.183. The molecule has 1 N–H and O–H groups in total. The van der Waals surface area contributed by atoms with Gasteiger partial charge in [-0.15, -0.1) is 0 Å². The Hall–Kier alpha value is -1.67. The summed E-state index contributed by atoms with van der Waals surface area (Å²) in [5.41, 5.74) is 3.48. The van der Waals surface area contributed by atoms with Gasteiger partial charge in [0.25, 0.3) is 0 Å². The van der Waals surface area contributed by atoms with Gasteiger partial charge in [-0.3, -0.25) is 0 Å². The summed E-state index contributed by atoms with van der Waals surface area (Å²) in [6.45, 7) is 4.88. The molecule has 0 aliphatic rings. The number of benzene rings is 2. The lowest BCUT2D eigenvalue weighted by Gasteiger charge is -2.15. The van der Waals surface area contributed by atoms with Gasteiger partial charge in [-0.05, 0) is 37.1 Å². The van der Waals surface area contributed by atoms with Crippen LogP contribution in [0.2, 0.25) is 0 Å². The van der Waals surface area contributed by atoms with Crippen molar-refractivity contribution in [2.24, 2.45) is 0 Å². The molecule has 2 aromatic rings. The van der Waals surface area contributed by atoms with E-state index in [4.69, 9.17) is 0 Å². The zero-order valence-corrected chi connectivity index (χ0v) is 10.8. The maximum Gasteiger partial charge on any atom is 0.123 e. The summed E-state index contributed by atoms with van der Waals surface area (Å²) >= 11 is 0. The van der Waals surface area contributed by atoms with Crippen LogP contribution in [0.5, 0.6) is 0 Å². The fraction of sp³-hybridized carbons (Fsp3) is 0.250. The molecule has 2 aromatic carbocycles. The average Bonchev–Trinajstić information content (AvgIpc) is 2.36. The molecule has 2 rings (SSSR count). The minimum absolute atomic E-state index is 0.183. The third-order valence-electron chi connectivity index (χ3n) is 3.04. The first-order chi connectivity index (χ1) is 8.65. The molecule has 18 heavy (non-hydrogen) atoms. The summed E-state index contributed by atoms with van der Waals surface area (Å²) in [6, 6.07) is 15.4. The van der Waals surface area contributed by atoms with Crippen molar-refractivity contribution in [3.05, 3.63) is 71.0 Å². The van der Waals surface area contributed by atoms with Crippen LogP contribution in [0.3, 0.4) is 0 Å². The van der Waals surface area contributed by atoms with Crippen LogP contribution in [0.1, 0.15) is 29.7 Å². The number of halogens is 1. The molecule has 0 spiro atoms. The predicted molar refractivity (Wildman–Crippen MR) is 72.8 cm³/mol. The Morgan fingerprint density at radius 2 is 1.89 bits per heavy atom. The van der Waals surface area contributed by atoms with Gasteiger partial charge in [0, 0.05) is 12.6 Å². The summed E-state index contributed by atoms with van der Waals surface area (Å²) in [5, 5.41) is 3.40. The van der Waals surface area contributed by atoms with Gasteiger partial charge in [0.1, 0.15) is 5.82 Å². The van der Waals surface area contributed by atoms with Gasteiger partial charge in [0.2, 0.25) is 0 Å². The molecule has 0 unspecified atom stereocenters. The Balaban J connectivity index is 1.98. The first kappa shape index (κ1) is 12.8. The lowest BCUT2D eigenvalue weighted by atomic mass is 10.1. The van der Waals surface area contributed by atoms with Crippen LogP contribution in [0, 0.1) is 12.7 Å². The highest BCUT2D eigenvalue weighted by molar-refractivity contribution is 5.25. The Morgan fingerprint density at radius 1 is 1.11 bits per heavy atom. The molecular weight excluding hydrogens is 225 g/mol. The monoisotopic (exact) mass is 243 g/mol. The lowest BCUT2D eigenvalue weighted by molar-refractivity contribution is 0.569. The van der Waals surface area contributed by atoms with E-state index in [0.29, 0.717) is 6.54 Å². The first-order valence-electron chi connectivity index (χ1n) is 6.19. The number of aryl methyl sites for hydroxylation is 1. The molecule has 0 radical (unpaired) electrons. The van der Waals surface area contributed by atoms with Crippen LogP contribution in [-0.2, 0) is 6.54 Å². The maximum atomic E-state index is 13.0. The molecule has 1 nitrogen and oxygen atoms in total. The molecule has 0 amide bonds. The van der Waals surface area contributed by atoms with Crippen LogP contribution in [0.15, 0.2) is 48.5 Å². The van der Waals surface area contributed by atoms with Crippen LogP contribution < -0.4 is 5.32 Å². The summed E-state index contributed by atoms with van der Waals surface area (Å²) in [6.07, 6.45) is 0. The Kier molecular flexibility index (Phi) is 4.11. The highest BCUT2D eigenvalue weighted by atomic mass is 19.1. The van der Waals surface area contributed by atoms with Crippen molar-refractivity contribution >= 4 is 0 Å². The minimum atomic E-state index is -0.183. The van der Waals surface area contributed by atoms with Crippen molar-refractivity contribution in [1.29, 1.82) is 0 Å². The average molecular weight is 243 g/mol. The predicted octanol–water partition coefficient (Wildman–Crippen LogP) is 3.98. The van der Waals surface area contributed by atoms with E-state index in [2.05, 4.69) is 43.4 Å². The van der Waals surface area contributed by atoms with Gasteiger partial charge < -0.3 is 5.32 Å². The van der Waals surface area contributed by atoms with Crippen molar-refractivity contribution in [2.45, 2.75) is 26.4 Å². The van der Waals surface area contributed by atoms with E-state index < -0.39 is 0 Å². The van der Waals surface area contributed by atoms with E-state index in [1.54, 1.807) is 12.1 Å². The minimum Gasteiger partial charge on any atom is -0.306 e. The van der Waals surface area contributed by atoms with E-state index >= 15 is 0 Å². The summed E-state index contributed by atoms with van der Waals surface area (Å²) in [7, 11) is 0. The highest BCUT2D eigenvalue weighted by Crippen LogP contribution is 2.14. The zero-order valence-electron chi connectivity index (χ0n) is 10.8. The zero-order chi connectivity index (χ0) is 13.0. The smallest absolute Gasteiger partial charge is 0.123 e. The second-order valence-electron chi connectivity index (χ2n) is 4.65. The van der Waals surface area contributed by atoms with Gasteiger partial charge in [-0.25, -0.2) is 4.39 Å². The molecule has 0 saturated carbocycles. The number of hydrogen-bond donors (Lipinski definition) is 1. The topological polar surface area (TPSA) is 12.0 Å². The Bertz CT molecular complexity index is 522. The van der Waals surface area contributed by atoms with Crippen molar-refractivity contribution in [2.75, 3.05) is 0 Å². The lowest BCUT2D eigenvalue weighted by Crippen LogP contribution is -2.18. The van der Waals surface area contributed by atoms with Crippen LogP contribution in [0.4, 0.5) is 4.39 Å². The largest absolute Gasteiger partial charge is 0.306 e. The normalized spacial score (nSPS) is 12.4. The molecule has 0 fully saturated rings. The van der Waals surface area contributed by atoms with Crippen molar-refractivity contribution in [3.8, 4) is 0 Å². The van der Waals surface area contributed by atoms with Gasteiger partial charge >= 0.3 is 0 Å². The standard InChI is InChI=1S/C16H18FN/c1-12-5-3-7-15(9-12)13(2)18-11-14-6-4-8-16(17)10-14/h3-10,13,18H,11H2,1-2H3/t13-/m0/s1. The molecule has 0 aliphatic heterocycles. The highest BCUT2D eigenvalue weighted by Gasteiger charge is 2.04. The first-order valence-corrected chi connectivity index (χ1v) is 6.19. The van der Waals surface area contributed by atoms with Crippen LogP contribution >= 0.6 is 0 Å². The fourth-order valence-electron chi connectivity index (χ4n) is 1.98. The molecule has 2 heteroatoms. The molecule has 0 saturated heterocycles. The SMILES string of the molecule is Cc1cccc([C@H](C)NCc2cccc(F)c2)c1. The number of hydrogen-bond acceptors (Lipinski definition) is 1. The third kappa shape index (κ3) is 3.41. The molecule has 0 heterocycles. The second kappa shape index (κ2) is 5.78. The van der Waals surface area contributed by atoms with Gasteiger partial charge in [-0.1, -0.05) is 42.0 Å². The van der Waals surface area contributed by atoms with Gasteiger partial charge in [0.05, 0.1) is 0 Å². The molecule has 0 bridgehead atoms.